The van der Waals surface area contributed by atoms with E-state index in [2.05, 4.69) is 46.8 Å². The fourth-order valence-electron chi connectivity index (χ4n) is 2.03. The summed E-state index contributed by atoms with van der Waals surface area (Å²) in [6.45, 7) is 4.45. The number of hydrogen-bond donors (Lipinski definition) is 2. The number of aliphatic imine (C=N–C) groups is 1. The maximum absolute atomic E-state index is 11.7. The lowest BCUT2D eigenvalue weighted by atomic mass is 10.1. The first-order chi connectivity index (χ1) is 10.9. The van der Waals surface area contributed by atoms with Gasteiger partial charge in [0.2, 0.25) is 5.91 Å². The fourth-order valence-corrected chi connectivity index (χ4v) is 2.03. The molecule has 0 fully saturated rings. The standard InChI is InChI=1S/C17H29N5O.HI/c1-6-18-17(20-12-16(23)22(4)5)19-11-14-9-7-8-10-15(14)13-21(2)3;/h7-10H,6,11-13H2,1-5H3,(H2,18,19,20);1H. The Morgan fingerprint density at radius 3 is 2.25 bits per heavy atom. The summed E-state index contributed by atoms with van der Waals surface area (Å²) in [6.07, 6.45) is 0. The van der Waals surface area contributed by atoms with Crippen LogP contribution in [0, 0.1) is 0 Å². The smallest absolute Gasteiger partial charge is 0.241 e. The number of nitrogens with zero attached hydrogens (tertiary/aromatic N) is 3. The van der Waals surface area contributed by atoms with E-state index in [1.165, 1.54) is 11.1 Å². The quantitative estimate of drug-likeness (QED) is 0.378. The van der Waals surface area contributed by atoms with Crippen LogP contribution in [0.4, 0.5) is 0 Å². The maximum Gasteiger partial charge on any atom is 0.241 e. The Labute approximate surface area is 162 Å². The molecule has 0 aliphatic rings. The average Bonchev–Trinajstić information content (AvgIpc) is 2.50. The number of carbonyl (C=O) groups is 1. The highest BCUT2D eigenvalue weighted by molar-refractivity contribution is 14.0. The van der Waals surface area contributed by atoms with Crippen LogP contribution in [0.15, 0.2) is 29.3 Å². The van der Waals surface area contributed by atoms with Crippen LogP contribution in [0.2, 0.25) is 0 Å². The van der Waals surface area contributed by atoms with E-state index in [9.17, 15) is 4.79 Å². The Morgan fingerprint density at radius 1 is 1.08 bits per heavy atom. The Balaban J connectivity index is 0.00000529. The van der Waals surface area contributed by atoms with E-state index in [4.69, 9.17) is 0 Å². The highest BCUT2D eigenvalue weighted by Gasteiger charge is 2.06. The molecule has 0 saturated heterocycles. The molecule has 1 aromatic rings. The van der Waals surface area contributed by atoms with Crippen LogP contribution >= 0.6 is 24.0 Å². The number of halogens is 1. The van der Waals surface area contributed by atoms with Crippen LogP contribution in [0.1, 0.15) is 18.1 Å². The zero-order valence-electron chi connectivity index (χ0n) is 15.3. The number of carbonyl (C=O) groups excluding carboxylic acids is 1. The second kappa shape index (κ2) is 12.1. The molecular formula is C17H30IN5O. The van der Waals surface area contributed by atoms with Gasteiger partial charge in [0.05, 0.1) is 13.1 Å². The lowest BCUT2D eigenvalue weighted by Gasteiger charge is -2.15. The Hall–Kier alpha value is -1.35. The van der Waals surface area contributed by atoms with Gasteiger partial charge in [-0.15, -0.1) is 24.0 Å². The van der Waals surface area contributed by atoms with E-state index in [1.807, 2.05) is 19.1 Å². The van der Waals surface area contributed by atoms with Crippen molar-refractivity contribution in [2.75, 3.05) is 41.3 Å². The second-order valence-corrected chi connectivity index (χ2v) is 5.84. The van der Waals surface area contributed by atoms with Crippen molar-refractivity contribution in [3.8, 4) is 0 Å². The van der Waals surface area contributed by atoms with Crippen LogP contribution in [-0.2, 0) is 17.9 Å². The topological polar surface area (TPSA) is 60.0 Å². The minimum absolute atomic E-state index is 0. The Morgan fingerprint density at radius 2 is 1.71 bits per heavy atom. The number of benzene rings is 1. The van der Waals surface area contributed by atoms with Crippen molar-refractivity contribution in [1.82, 2.24) is 20.4 Å². The number of hydrogen-bond acceptors (Lipinski definition) is 3. The number of guanidine groups is 1. The first-order valence-corrected chi connectivity index (χ1v) is 7.87. The molecule has 24 heavy (non-hydrogen) atoms. The van der Waals surface area contributed by atoms with Crippen LogP contribution in [-0.4, -0.2) is 62.9 Å². The average molecular weight is 447 g/mol. The normalized spacial score (nSPS) is 11.0. The molecule has 0 atom stereocenters. The molecule has 0 aromatic heterocycles. The van der Waals surface area contributed by atoms with Crippen LogP contribution in [0.3, 0.4) is 0 Å². The van der Waals surface area contributed by atoms with E-state index in [-0.39, 0.29) is 36.4 Å². The molecule has 0 aliphatic heterocycles. The number of amides is 1. The zero-order chi connectivity index (χ0) is 17.2. The second-order valence-electron chi connectivity index (χ2n) is 5.84. The van der Waals surface area contributed by atoms with Crippen molar-refractivity contribution in [1.29, 1.82) is 0 Å². The summed E-state index contributed by atoms with van der Waals surface area (Å²) in [4.78, 5) is 20.0. The highest BCUT2D eigenvalue weighted by atomic mass is 127. The summed E-state index contributed by atoms with van der Waals surface area (Å²) in [7, 11) is 7.59. The van der Waals surface area contributed by atoms with Gasteiger partial charge in [-0.25, -0.2) is 4.99 Å². The molecule has 6 nitrogen and oxygen atoms in total. The van der Waals surface area contributed by atoms with E-state index in [0.29, 0.717) is 12.5 Å². The fraction of sp³-hybridized carbons (Fsp3) is 0.529. The molecule has 0 unspecified atom stereocenters. The molecule has 0 spiro atoms. The van der Waals surface area contributed by atoms with E-state index in [1.54, 1.807) is 19.0 Å². The summed E-state index contributed by atoms with van der Waals surface area (Å²) >= 11 is 0. The molecule has 0 saturated carbocycles. The van der Waals surface area contributed by atoms with Gasteiger partial charge in [0, 0.05) is 27.2 Å². The largest absolute Gasteiger partial charge is 0.357 e. The van der Waals surface area contributed by atoms with Gasteiger partial charge in [0.15, 0.2) is 5.96 Å². The third-order valence-electron chi connectivity index (χ3n) is 3.26. The number of nitrogens with one attached hydrogen (secondary N) is 2. The van der Waals surface area contributed by atoms with Gasteiger partial charge in [0.25, 0.3) is 0 Å². The molecule has 2 N–H and O–H groups in total. The number of likely N-dealkylation sites (N-methyl/N-ethyl adjacent to an activating group) is 1. The molecule has 1 amide bonds. The van der Waals surface area contributed by atoms with Crippen LogP contribution in [0.25, 0.3) is 0 Å². The van der Waals surface area contributed by atoms with Crippen molar-refractivity contribution >= 4 is 35.8 Å². The Kier molecular flexibility index (Phi) is 11.4. The third kappa shape index (κ3) is 8.49. The predicted molar refractivity (Wildman–Crippen MR) is 111 cm³/mol. The lowest BCUT2D eigenvalue weighted by Crippen LogP contribution is -2.42. The maximum atomic E-state index is 11.7. The molecule has 136 valence electrons. The van der Waals surface area contributed by atoms with E-state index < -0.39 is 0 Å². The van der Waals surface area contributed by atoms with Gasteiger partial charge in [-0.2, -0.15) is 0 Å². The predicted octanol–water partition coefficient (Wildman–Crippen LogP) is 1.51. The van der Waals surface area contributed by atoms with Crippen molar-refractivity contribution in [3.05, 3.63) is 35.4 Å². The van der Waals surface area contributed by atoms with Gasteiger partial charge in [-0.3, -0.25) is 4.79 Å². The molecule has 0 heterocycles. The molecule has 1 aromatic carbocycles. The lowest BCUT2D eigenvalue weighted by molar-refractivity contribution is -0.127. The number of rotatable bonds is 7. The van der Waals surface area contributed by atoms with Crippen molar-refractivity contribution in [2.24, 2.45) is 4.99 Å². The van der Waals surface area contributed by atoms with Gasteiger partial charge < -0.3 is 20.4 Å². The Bertz CT molecular complexity index is 531. The van der Waals surface area contributed by atoms with Crippen molar-refractivity contribution in [3.63, 3.8) is 0 Å². The minimum Gasteiger partial charge on any atom is -0.357 e. The summed E-state index contributed by atoms with van der Waals surface area (Å²) in [5.74, 6) is 0.672. The SMILES string of the molecule is CCNC(=NCc1ccccc1CN(C)C)NCC(=O)N(C)C.I. The molecule has 0 aliphatic carbocycles. The van der Waals surface area contributed by atoms with Crippen LogP contribution < -0.4 is 10.6 Å². The monoisotopic (exact) mass is 447 g/mol. The molecule has 0 bridgehead atoms. The van der Waals surface area contributed by atoms with E-state index in [0.717, 1.165) is 13.1 Å². The first kappa shape index (κ1) is 22.6. The summed E-state index contributed by atoms with van der Waals surface area (Å²) in [6, 6.07) is 8.29. The molecule has 0 radical (unpaired) electrons. The van der Waals surface area contributed by atoms with E-state index >= 15 is 0 Å². The minimum atomic E-state index is 0. The van der Waals surface area contributed by atoms with Gasteiger partial charge >= 0.3 is 0 Å². The van der Waals surface area contributed by atoms with Gasteiger partial charge in [-0.1, -0.05) is 24.3 Å². The van der Waals surface area contributed by atoms with Crippen molar-refractivity contribution < 1.29 is 4.79 Å². The zero-order valence-corrected chi connectivity index (χ0v) is 17.6. The summed E-state index contributed by atoms with van der Waals surface area (Å²) in [5, 5.41) is 6.23. The summed E-state index contributed by atoms with van der Waals surface area (Å²) in [5.41, 5.74) is 2.46. The van der Waals surface area contributed by atoms with Gasteiger partial charge in [-0.05, 0) is 32.1 Å². The van der Waals surface area contributed by atoms with Gasteiger partial charge in [0.1, 0.15) is 0 Å². The van der Waals surface area contributed by atoms with Crippen molar-refractivity contribution in [2.45, 2.75) is 20.0 Å². The third-order valence-corrected chi connectivity index (χ3v) is 3.26. The molecule has 1 rings (SSSR count). The highest BCUT2D eigenvalue weighted by Crippen LogP contribution is 2.11. The molecular weight excluding hydrogens is 417 g/mol. The molecule has 7 heteroatoms. The van der Waals surface area contributed by atoms with Crippen LogP contribution in [0.5, 0.6) is 0 Å². The summed E-state index contributed by atoms with van der Waals surface area (Å²) < 4.78 is 0. The first-order valence-electron chi connectivity index (χ1n) is 7.87.